The molecule has 0 radical (unpaired) electrons. The van der Waals surface area contributed by atoms with Gasteiger partial charge in [-0.05, 0) is 31.5 Å². The van der Waals surface area contributed by atoms with E-state index in [2.05, 4.69) is 10.3 Å². The van der Waals surface area contributed by atoms with Crippen LogP contribution in [0, 0.1) is 6.92 Å². The number of anilines is 1. The predicted octanol–water partition coefficient (Wildman–Crippen LogP) is 2.97. The fourth-order valence-corrected chi connectivity index (χ4v) is 2.82. The summed E-state index contributed by atoms with van der Waals surface area (Å²) in [6.45, 7) is 3.77. The molecule has 2 rings (SSSR count). The molecule has 2 aromatic rings. The number of carboxylic acids is 1. The van der Waals surface area contributed by atoms with E-state index in [1.54, 1.807) is 6.92 Å². The van der Waals surface area contributed by atoms with Gasteiger partial charge in [0, 0.05) is 0 Å². The second kappa shape index (κ2) is 6.57. The van der Waals surface area contributed by atoms with Gasteiger partial charge in [0.1, 0.15) is 10.6 Å². The largest absolute Gasteiger partial charge is 0.495 e. The number of carbonyl (C=O) groups excluding carboxylic acids is 1. The highest BCUT2D eigenvalue weighted by molar-refractivity contribution is 7.13. The van der Waals surface area contributed by atoms with E-state index in [-0.39, 0.29) is 11.5 Å². The number of hydrogen-bond donors (Lipinski definition) is 2. The Bertz CT molecular complexity index is 724. The third-order valence-electron chi connectivity index (χ3n) is 3.05. The lowest BCUT2D eigenvalue weighted by Gasteiger charge is -2.10. The number of aromatic carboxylic acids is 1. The lowest BCUT2D eigenvalue weighted by Crippen LogP contribution is -2.12. The fraction of sp³-hybridized carbons (Fsp3) is 0.267. The van der Waals surface area contributed by atoms with Crippen molar-refractivity contribution in [3.63, 3.8) is 0 Å². The summed E-state index contributed by atoms with van der Waals surface area (Å²) in [6, 6.07) is 4.30. The van der Waals surface area contributed by atoms with E-state index in [4.69, 9.17) is 9.84 Å². The highest BCUT2D eigenvalue weighted by Gasteiger charge is 2.17. The van der Waals surface area contributed by atoms with Gasteiger partial charge in [0.15, 0.2) is 0 Å². The molecular formula is C15H16N2O4S. The number of aromatic nitrogens is 1. The fourth-order valence-electron chi connectivity index (χ4n) is 1.92. The predicted molar refractivity (Wildman–Crippen MR) is 84.1 cm³/mol. The van der Waals surface area contributed by atoms with E-state index in [0.29, 0.717) is 22.0 Å². The van der Waals surface area contributed by atoms with Crippen LogP contribution in [0.15, 0.2) is 18.2 Å². The van der Waals surface area contributed by atoms with Gasteiger partial charge in [-0.2, -0.15) is 0 Å². The summed E-state index contributed by atoms with van der Waals surface area (Å²) in [6.07, 6.45) is 0.773. The second-order valence-electron chi connectivity index (χ2n) is 4.55. The van der Waals surface area contributed by atoms with Crippen molar-refractivity contribution in [3.05, 3.63) is 39.3 Å². The molecule has 22 heavy (non-hydrogen) atoms. The molecule has 0 saturated carbocycles. The van der Waals surface area contributed by atoms with Crippen LogP contribution in [-0.4, -0.2) is 29.1 Å². The molecule has 6 nitrogen and oxygen atoms in total. The second-order valence-corrected chi connectivity index (χ2v) is 5.63. The minimum Gasteiger partial charge on any atom is -0.495 e. The molecule has 0 fully saturated rings. The molecule has 1 aromatic heterocycles. The zero-order chi connectivity index (χ0) is 16.3. The van der Waals surface area contributed by atoms with E-state index >= 15 is 0 Å². The first-order valence-electron chi connectivity index (χ1n) is 6.65. The molecule has 0 atom stereocenters. The molecule has 7 heteroatoms. The van der Waals surface area contributed by atoms with Crippen LogP contribution in [0.3, 0.4) is 0 Å². The zero-order valence-electron chi connectivity index (χ0n) is 12.5. The molecule has 1 aromatic carbocycles. The van der Waals surface area contributed by atoms with E-state index in [1.165, 1.54) is 36.6 Å². The van der Waals surface area contributed by atoms with Crippen molar-refractivity contribution in [1.82, 2.24) is 4.98 Å². The highest BCUT2D eigenvalue weighted by atomic mass is 32.1. The van der Waals surface area contributed by atoms with Gasteiger partial charge in [-0.1, -0.05) is 6.92 Å². The van der Waals surface area contributed by atoms with Crippen LogP contribution in [0.2, 0.25) is 0 Å². The van der Waals surface area contributed by atoms with Crippen LogP contribution in [0.5, 0.6) is 5.75 Å². The van der Waals surface area contributed by atoms with Gasteiger partial charge in [-0.15, -0.1) is 11.3 Å². The molecule has 0 unspecified atom stereocenters. The highest BCUT2D eigenvalue weighted by Crippen LogP contribution is 2.27. The number of benzene rings is 1. The molecule has 0 bridgehead atoms. The van der Waals surface area contributed by atoms with Gasteiger partial charge >= 0.3 is 5.97 Å². The number of carbonyl (C=O) groups is 2. The Kier molecular flexibility index (Phi) is 4.77. The number of amides is 1. The molecule has 0 aliphatic heterocycles. The van der Waals surface area contributed by atoms with Gasteiger partial charge in [0.05, 0.1) is 29.1 Å². The Morgan fingerprint density at radius 2 is 2.14 bits per heavy atom. The number of hydrogen-bond acceptors (Lipinski definition) is 5. The van der Waals surface area contributed by atoms with Crippen LogP contribution in [-0.2, 0) is 6.42 Å². The van der Waals surface area contributed by atoms with Crippen molar-refractivity contribution < 1.29 is 19.4 Å². The molecule has 0 spiro atoms. The molecule has 0 saturated heterocycles. The van der Waals surface area contributed by atoms with E-state index in [0.717, 1.165) is 11.4 Å². The van der Waals surface area contributed by atoms with Crippen LogP contribution < -0.4 is 10.1 Å². The smallest absolute Gasteiger partial charge is 0.335 e. The van der Waals surface area contributed by atoms with Crippen molar-refractivity contribution in [2.24, 2.45) is 0 Å². The normalized spacial score (nSPS) is 10.3. The van der Waals surface area contributed by atoms with E-state index in [9.17, 15) is 9.59 Å². The number of nitrogens with zero attached hydrogens (tertiary/aromatic N) is 1. The summed E-state index contributed by atoms with van der Waals surface area (Å²) < 4.78 is 5.14. The van der Waals surface area contributed by atoms with Crippen molar-refractivity contribution in [1.29, 1.82) is 0 Å². The molecule has 0 aliphatic rings. The summed E-state index contributed by atoms with van der Waals surface area (Å²) in [7, 11) is 1.42. The maximum absolute atomic E-state index is 12.3. The molecule has 116 valence electrons. The van der Waals surface area contributed by atoms with E-state index in [1.807, 2.05) is 6.92 Å². The first kappa shape index (κ1) is 16.0. The van der Waals surface area contributed by atoms with Gasteiger partial charge < -0.3 is 15.2 Å². The molecule has 2 N–H and O–H groups in total. The first-order chi connectivity index (χ1) is 10.5. The standard InChI is InChI=1S/C15H16N2O4S/c1-4-12-16-8(2)13(22-12)14(18)17-10-6-5-9(15(19)20)7-11(10)21-3/h5-7H,4H2,1-3H3,(H,17,18)(H,19,20). The number of nitrogens with one attached hydrogen (secondary N) is 1. The molecular weight excluding hydrogens is 304 g/mol. The van der Waals surface area contributed by atoms with Crippen LogP contribution >= 0.6 is 11.3 Å². The quantitative estimate of drug-likeness (QED) is 0.884. The Morgan fingerprint density at radius 1 is 1.41 bits per heavy atom. The molecule has 0 aliphatic carbocycles. The van der Waals surface area contributed by atoms with Crippen LogP contribution in [0.25, 0.3) is 0 Å². The van der Waals surface area contributed by atoms with Crippen LogP contribution in [0.4, 0.5) is 5.69 Å². The number of carboxylic acid groups (broad SMARTS) is 1. The SMILES string of the molecule is CCc1nc(C)c(C(=O)Nc2ccc(C(=O)O)cc2OC)s1. The van der Waals surface area contributed by atoms with Crippen molar-refractivity contribution in [2.45, 2.75) is 20.3 Å². The monoisotopic (exact) mass is 320 g/mol. The third-order valence-corrected chi connectivity index (χ3v) is 4.35. The Balaban J connectivity index is 2.27. The maximum atomic E-state index is 12.3. The van der Waals surface area contributed by atoms with Gasteiger partial charge in [0.2, 0.25) is 0 Å². The molecule has 1 amide bonds. The van der Waals surface area contributed by atoms with Crippen LogP contribution in [0.1, 0.15) is 37.7 Å². The summed E-state index contributed by atoms with van der Waals surface area (Å²) in [5.41, 5.74) is 1.20. The summed E-state index contributed by atoms with van der Waals surface area (Å²) in [5.74, 6) is -1.04. The molecule has 1 heterocycles. The van der Waals surface area contributed by atoms with E-state index < -0.39 is 5.97 Å². The maximum Gasteiger partial charge on any atom is 0.335 e. The number of methoxy groups -OCH3 is 1. The topological polar surface area (TPSA) is 88.5 Å². The van der Waals surface area contributed by atoms with Crippen molar-refractivity contribution in [3.8, 4) is 5.75 Å². The van der Waals surface area contributed by atoms with Gasteiger partial charge in [-0.3, -0.25) is 4.79 Å². The lowest BCUT2D eigenvalue weighted by atomic mass is 10.2. The van der Waals surface area contributed by atoms with Crippen molar-refractivity contribution >= 4 is 28.9 Å². The minimum absolute atomic E-state index is 0.0945. The summed E-state index contributed by atoms with van der Waals surface area (Å²) in [4.78, 5) is 28.2. The Morgan fingerprint density at radius 3 is 2.68 bits per heavy atom. The summed E-state index contributed by atoms with van der Waals surface area (Å²) >= 11 is 1.35. The minimum atomic E-state index is -1.05. The Labute approximate surface area is 131 Å². The number of aryl methyl sites for hydroxylation is 2. The number of ether oxygens (including phenoxy) is 1. The Hall–Kier alpha value is -2.41. The average molecular weight is 320 g/mol. The first-order valence-corrected chi connectivity index (χ1v) is 7.46. The van der Waals surface area contributed by atoms with Gasteiger partial charge in [0.25, 0.3) is 5.91 Å². The number of rotatable bonds is 5. The third kappa shape index (κ3) is 3.25. The van der Waals surface area contributed by atoms with Gasteiger partial charge in [-0.25, -0.2) is 9.78 Å². The zero-order valence-corrected chi connectivity index (χ0v) is 13.3. The lowest BCUT2D eigenvalue weighted by molar-refractivity contribution is 0.0696. The average Bonchev–Trinajstić information content (AvgIpc) is 2.88. The van der Waals surface area contributed by atoms with Crippen molar-refractivity contribution in [2.75, 3.05) is 12.4 Å². The number of thiazole rings is 1. The summed E-state index contributed by atoms with van der Waals surface area (Å²) in [5, 5.41) is 12.6.